The zero-order valence-corrected chi connectivity index (χ0v) is 16.2. The highest BCUT2D eigenvalue weighted by molar-refractivity contribution is 7.87. The molecule has 0 unspecified atom stereocenters. The van der Waals surface area contributed by atoms with Crippen molar-refractivity contribution in [1.82, 2.24) is 0 Å². The van der Waals surface area contributed by atoms with E-state index in [9.17, 15) is 13.2 Å². The lowest BCUT2D eigenvalue weighted by Gasteiger charge is -2.08. The van der Waals surface area contributed by atoms with Gasteiger partial charge in [-0.1, -0.05) is 6.07 Å². The van der Waals surface area contributed by atoms with Crippen molar-refractivity contribution in [3.05, 3.63) is 76.2 Å². The number of hydrogen-bond donors (Lipinski definition) is 0. The number of fused-ring (bicyclic) bond motifs is 1. The predicted octanol–water partition coefficient (Wildman–Crippen LogP) is 4.14. The van der Waals surface area contributed by atoms with Gasteiger partial charge in [0.1, 0.15) is 22.1 Å². The van der Waals surface area contributed by atoms with Gasteiger partial charge in [0.15, 0.2) is 5.76 Å². The Morgan fingerprint density at radius 2 is 1.79 bits per heavy atom. The van der Waals surface area contributed by atoms with Crippen LogP contribution in [-0.4, -0.2) is 21.3 Å². The van der Waals surface area contributed by atoms with Crippen molar-refractivity contribution in [3.8, 4) is 17.2 Å². The van der Waals surface area contributed by atoms with Crippen molar-refractivity contribution >= 4 is 33.3 Å². The molecule has 0 spiro atoms. The Labute approximate surface area is 165 Å². The molecule has 4 rings (SSSR count). The van der Waals surface area contributed by atoms with Crippen molar-refractivity contribution < 1.29 is 26.9 Å². The van der Waals surface area contributed by atoms with E-state index in [1.807, 2.05) is 17.5 Å². The summed E-state index contributed by atoms with van der Waals surface area (Å²) >= 11 is 1.48. The standard InChI is InChI=1S/C20H14O6S2/c1-24-13-4-7-16(8-5-13)28(22,23)26-14-6-9-17-18(11-14)25-19(20(17)21)12-15-3-2-10-27-15/h2-12H,1H3. The molecule has 28 heavy (non-hydrogen) atoms. The number of thiophene rings is 1. The van der Waals surface area contributed by atoms with Crippen molar-refractivity contribution in [2.75, 3.05) is 7.11 Å². The molecule has 3 aromatic rings. The molecule has 0 aliphatic carbocycles. The molecular weight excluding hydrogens is 400 g/mol. The molecule has 142 valence electrons. The van der Waals surface area contributed by atoms with Gasteiger partial charge in [0.2, 0.25) is 5.78 Å². The Bertz CT molecular complexity index is 1160. The monoisotopic (exact) mass is 414 g/mol. The minimum Gasteiger partial charge on any atom is -0.497 e. The number of allylic oxidation sites excluding steroid dienone is 1. The number of Topliss-reactive ketones (excluding diaryl/α,β-unsaturated/α-hetero) is 1. The molecule has 1 aromatic heterocycles. The van der Waals surface area contributed by atoms with Gasteiger partial charge in [0.25, 0.3) is 0 Å². The topological polar surface area (TPSA) is 78.9 Å². The predicted molar refractivity (Wildman–Crippen MR) is 105 cm³/mol. The molecule has 0 N–H and O–H groups in total. The Morgan fingerprint density at radius 3 is 2.46 bits per heavy atom. The molecule has 0 fully saturated rings. The van der Waals surface area contributed by atoms with Gasteiger partial charge in [-0.25, -0.2) is 0 Å². The van der Waals surface area contributed by atoms with Crippen LogP contribution in [0.15, 0.2) is 70.6 Å². The molecular formula is C20H14O6S2. The van der Waals surface area contributed by atoms with E-state index in [2.05, 4.69) is 0 Å². The summed E-state index contributed by atoms with van der Waals surface area (Å²) in [6.45, 7) is 0. The van der Waals surface area contributed by atoms with E-state index in [-0.39, 0.29) is 27.9 Å². The Hall–Kier alpha value is -3.10. The molecule has 1 aliphatic rings. The highest BCUT2D eigenvalue weighted by Gasteiger charge is 2.28. The molecule has 2 aromatic carbocycles. The van der Waals surface area contributed by atoms with Gasteiger partial charge in [-0.05, 0) is 47.8 Å². The summed E-state index contributed by atoms with van der Waals surface area (Å²) in [5.41, 5.74) is 0.358. The average Bonchev–Trinajstić information content (AvgIpc) is 3.30. The zero-order chi connectivity index (χ0) is 19.7. The van der Waals surface area contributed by atoms with Crippen LogP contribution in [0.5, 0.6) is 17.2 Å². The number of methoxy groups -OCH3 is 1. The van der Waals surface area contributed by atoms with Crippen LogP contribution in [0, 0.1) is 0 Å². The third-order valence-corrected chi connectivity index (χ3v) is 6.09. The van der Waals surface area contributed by atoms with E-state index in [1.165, 1.54) is 60.9 Å². The van der Waals surface area contributed by atoms with Gasteiger partial charge in [0.05, 0.1) is 12.7 Å². The summed E-state index contributed by atoms with van der Waals surface area (Å²) in [5.74, 6) is 0.781. The molecule has 0 atom stereocenters. The second kappa shape index (κ2) is 7.14. The van der Waals surface area contributed by atoms with Crippen LogP contribution in [0.2, 0.25) is 0 Å². The Kier molecular flexibility index (Phi) is 4.66. The van der Waals surface area contributed by atoms with E-state index in [0.717, 1.165) is 4.88 Å². The van der Waals surface area contributed by atoms with Gasteiger partial charge < -0.3 is 13.7 Å². The van der Waals surface area contributed by atoms with Crippen molar-refractivity contribution in [3.63, 3.8) is 0 Å². The van der Waals surface area contributed by atoms with E-state index >= 15 is 0 Å². The summed E-state index contributed by atoms with van der Waals surface area (Å²) in [6, 6.07) is 13.9. The maximum Gasteiger partial charge on any atom is 0.339 e. The average molecular weight is 414 g/mol. The van der Waals surface area contributed by atoms with Crippen molar-refractivity contribution in [1.29, 1.82) is 0 Å². The first-order valence-corrected chi connectivity index (χ1v) is 10.5. The van der Waals surface area contributed by atoms with E-state index < -0.39 is 10.1 Å². The number of carbonyl (C=O) groups is 1. The summed E-state index contributed by atoms with van der Waals surface area (Å²) < 4.78 is 40.7. The lowest BCUT2D eigenvalue weighted by atomic mass is 10.1. The number of ketones is 1. The fourth-order valence-electron chi connectivity index (χ4n) is 2.64. The first kappa shape index (κ1) is 18.3. The molecule has 2 heterocycles. The van der Waals surface area contributed by atoms with Gasteiger partial charge in [-0.15, -0.1) is 11.3 Å². The minimum absolute atomic E-state index is 0.0101. The maximum absolute atomic E-state index is 12.5. The number of rotatable bonds is 5. The van der Waals surface area contributed by atoms with Gasteiger partial charge >= 0.3 is 10.1 Å². The van der Waals surface area contributed by atoms with Gasteiger partial charge in [-0.2, -0.15) is 8.42 Å². The first-order valence-electron chi connectivity index (χ1n) is 8.16. The summed E-state index contributed by atoms with van der Waals surface area (Å²) in [6.07, 6.45) is 1.65. The number of benzene rings is 2. The number of carbonyl (C=O) groups excluding carboxylic acids is 1. The highest BCUT2D eigenvalue weighted by atomic mass is 32.2. The molecule has 6 nitrogen and oxygen atoms in total. The largest absolute Gasteiger partial charge is 0.497 e. The van der Waals surface area contributed by atoms with Crippen molar-refractivity contribution in [2.45, 2.75) is 4.90 Å². The summed E-state index contributed by atoms with van der Waals surface area (Å²) in [4.78, 5) is 13.3. The second-order valence-corrected chi connectivity index (χ2v) is 8.35. The Balaban J connectivity index is 1.58. The highest BCUT2D eigenvalue weighted by Crippen LogP contribution is 2.36. The molecule has 1 aliphatic heterocycles. The van der Waals surface area contributed by atoms with Crippen LogP contribution in [0.1, 0.15) is 15.2 Å². The lowest BCUT2D eigenvalue weighted by molar-refractivity contribution is 0.101. The minimum atomic E-state index is -4.03. The molecule has 0 saturated heterocycles. The zero-order valence-electron chi connectivity index (χ0n) is 14.6. The fraction of sp³-hybridized carbons (Fsp3) is 0.0500. The third kappa shape index (κ3) is 3.51. The van der Waals surface area contributed by atoms with Gasteiger partial charge in [-0.3, -0.25) is 4.79 Å². The van der Waals surface area contributed by atoms with Crippen LogP contribution < -0.4 is 13.7 Å². The van der Waals surface area contributed by atoms with E-state index in [0.29, 0.717) is 11.3 Å². The first-order chi connectivity index (χ1) is 13.5. The lowest BCUT2D eigenvalue weighted by Crippen LogP contribution is -2.09. The van der Waals surface area contributed by atoms with Crippen LogP contribution in [0.4, 0.5) is 0 Å². The van der Waals surface area contributed by atoms with E-state index in [4.69, 9.17) is 13.7 Å². The van der Waals surface area contributed by atoms with Crippen LogP contribution >= 0.6 is 11.3 Å². The van der Waals surface area contributed by atoms with Crippen LogP contribution in [0.25, 0.3) is 6.08 Å². The normalized spacial score (nSPS) is 14.6. The Morgan fingerprint density at radius 1 is 1.04 bits per heavy atom. The second-order valence-electron chi connectivity index (χ2n) is 5.83. The number of ether oxygens (including phenoxy) is 2. The molecule has 8 heteroatoms. The molecule has 0 bridgehead atoms. The fourth-order valence-corrected chi connectivity index (χ4v) is 4.21. The molecule has 0 saturated carbocycles. The maximum atomic E-state index is 12.5. The summed E-state index contributed by atoms with van der Waals surface area (Å²) in [5, 5.41) is 1.90. The smallest absolute Gasteiger partial charge is 0.339 e. The van der Waals surface area contributed by atoms with Crippen LogP contribution in [0.3, 0.4) is 0 Å². The SMILES string of the molecule is COc1ccc(S(=O)(=O)Oc2ccc3c(c2)OC(=Cc2cccs2)C3=O)cc1. The third-order valence-electron chi connectivity index (χ3n) is 4.01. The quantitative estimate of drug-likeness (QED) is 0.461. The molecule has 0 radical (unpaired) electrons. The van der Waals surface area contributed by atoms with Crippen molar-refractivity contribution in [2.24, 2.45) is 0 Å². The summed E-state index contributed by atoms with van der Waals surface area (Å²) in [7, 11) is -2.54. The van der Waals surface area contributed by atoms with Crippen LogP contribution in [-0.2, 0) is 10.1 Å². The van der Waals surface area contributed by atoms with Gasteiger partial charge in [0, 0.05) is 17.0 Å². The molecule has 0 amide bonds. The number of hydrogen-bond acceptors (Lipinski definition) is 7. The van der Waals surface area contributed by atoms with E-state index in [1.54, 1.807) is 6.08 Å².